The summed E-state index contributed by atoms with van der Waals surface area (Å²) in [4.78, 5) is 22.6. The number of ether oxygens (including phenoxy) is 2. The minimum atomic E-state index is -4.29. The van der Waals surface area contributed by atoms with E-state index in [9.17, 15) is 14.3 Å². The van der Waals surface area contributed by atoms with E-state index in [2.05, 4.69) is 62.5 Å². The molecule has 0 spiro atoms. The van der Waals surface area contributed by atoms with Crippen LogP contribution >= 0.6 is 7.82 Å². The SMILES string of the molecule is CCCCCC/C=C\C/C=C\CCCCCCCC(=O)OC(COCCCCCCCCCCCCCCCC/C=C\C/C=C\CCCCCCC)COP(=O)(O)OCCN. The predicted molar refractivity (Wildman–Crippen MR) is 261 cm³/mol. The number of carbonyl (C=O) groups is 1. The molecule has 9 heteroatoms. The third-order valence-electron chi connectivity index (χ3n) is 11.0. The summed E-state index contributed by atoms with van der Waals surface area (Å²) in [7, 11) is -4.29. The van der Waals surface area contributed by atoms with Gasteiger partial charge in [0.05, 0.1) is 19.8 Å². The van der Waals surface area contributed by atoms with Crippen LogP contribution in [-0.2, 0) is 27.9 Å². The van der Waals surface area contributed by atoms with Gasteiger partial charge in [-0.3, -0.25) is 13.8 Å². The standard InChI is InChI=1S/C52H98NO7P/c1-3-5-7-9-11-13-15-17-19-21-22-23-24-25-26-27-28-29-30-32-34-36-38-40-42-44-47-57-49-51(50-59-61(55,56)58-48-46-53)60-52(54)45-43-41-39-37-35-33-31-20-18-16-14-12-10-8-6-4-2/h14-17,20-22,31,51H,3-13,18-19,23-30,32-50,53H2,1-2H3,(H,55,56)/b16-14-,17-15-,22-21-,31-20-. The molecule has 0 bridgehead atoms. The van der Waals surface area contributed by atoms with Gasteiger partial charge in [-0.1, -0.05) is 204 Å². The summed E-state index contributed by atoms with van der Waals surface area (Å²) in [5, 5.41) is 0. The van der Waals surface area contributed by atoms with Crippen LogP contribution in [0.2, 0.25) is 0 Å². The lowest BCUT2D eigenvalue weighted by Crippen LogP contribution is -2.28. The fourth-order valence-electron chi connectivity index (χ4n) is 7.18. The van der Waals surface area contributed by atoms with Gasteiger partial charge in [0.1, 0.15) is 6.10 Å². The van der Waals surface area contributed by atoms with Gasteiger partial charge in [0, 0.05) is 19.6 Å². The summed E-state index contributed by atoms with van der Waals surface area (Å²) in [6.07, 6.45) is 60.0. The maximum Gasteiger partial charge on any atom is 0.472 e. The van der Waals surface area contributed by atoms with E-state index in [0.29, 0.717) is 13.0 Å². The number of hydrogen-bond acceptors (Lipinski definition) is 7. The molecule has 2 unspecified atom stereocenters. The largest absolute Gasteiger partial charge is 0.472 e. The zero-order chi connectivity index (χ0) is 44.4. The maximum absolute atomic E-state index is 12.6. The molecule has 0 aromatic rings. The summed E-state index contributed by atoms with van der Waals surface area (Å²) >= 11 is 0. The van der Waals surface area contributed by atoms with Crippen molar-refractivity contribution in [2.75, 3.05) is 33.0 Å². The lowest BCUT2D eigenvalue weighted by Gasteiger charge is -2.20. The Balaban J connectivity index is 3.91. The highest BCUT2D eigenvalue weighted by Crippen LogP contribution is 2.43. The summed E-state index contributed by atoms with van der Waals surface area (Å²) in [5.41, 5.74) is 5.38. The smallest absolute Gasteiger partial charge is 0.457 e. The number of carbonyl (C=O) groups excluding carboxylic acids is 1. The molecule has 0 aliphatic carbocycles. The van der Waals surface area contributed by atoms with Crippen LogP contribution in [0.15, 0.2) is 48.6 Å². The van der Waals surface area contributed by atoms with Gasteiger partial charge < -0.3 is 20.1 Å². The normalized spacial score (nSPS) is 13.7. The van der Waals surface area contributed by atoms with E-state index in [1.807, 2.05) is 0 Å². The van der Waals surface area contributed by atoms with E-state index in [-0.39, 0.29) is 32.3 Å². The highest BCUT2D eigenvalue weighted by atomic mass is 31.2. The summed E-state index contributed by atoms with van der Waals surface area (Å²) < 4.78 is 33.6. The Bertz CT molecular complexity index is 1080. The third kappa shape index (κ3) is 49.3. The number of phosphoric ester groups is 1. The molecule has 0 fully saturated rings. The topological polar surface area (TPSA) is 117 Å². The molecule has 8 nitrogen and oxygen atoms in total. The van der Waals surface area contributed by atoms with Crippen molar-refractivity contribution in [3.8, 4) is 0 Å². The number of nitrogens with two attached hydrogens (primary N) is 1. The maximum atomic E-state index is 12.6. The first-order valence-corrected chi connectivity index (χ1v) is 27.1. The van der Waals surface area contributed by atoms with Crippen LogP contribution in [0.4, 0.5) is 0 Å². The van der Waals surface area contributed by atoms with E-state index in [0.717, 1.165) is 64.2 Å². The van der Waals surface area contributed by atoms with E-state index >= 15 is 0 Å². The quantitative estimate of drug-likeness (QED) is 0.0269. The first kappa shape index (κ1) is 59.5. The number of allylic oxidation sites excluding steroid dienone is 8. The van der Waals surface area contributed by atoms with Crippen LogP contribution in [0.5, 0.6) is 0 Å². The predicted octanol–water partition coefficient (Wildman–Crippen LogP) is 15.9. The van der Waals surface area contributed by atoms with E-state index in [1.54, 1.807) is 0 Å². The van der Waals surface area contributed by atoms with Gasteiger partial charge in [0.2, 0.25) is 0 Å². The van der Waals surface area contributed by atoms with Gasteiger partial charge >= 0.3 is 13.8 Å². The first-order valence-electron chi connectivity index (χ1n) is 25.6. The molecule has 0 aliphatic rings. The molecule has 0 radical (unpaired) electrons. The van der Waals surface area contributed by atoms with E-state index in [4.69, 9.17) is 24.3 Å². The van der Waals surface area contributed by atoms with Crippen LogP contribution in [0, 0.1) is 0 Å². The molecule has 358 valence electrons. The lowest BCUT2D eigenvalue weighted by atomic mass is 10.0. The van der Waals surface area contributed by atoms with Gasteiger partial charge in [-0.2, -0.15) is 0 Å². The second kappa shape index (κ2) is 49.5. The molecule has 0 amide bonds. The van der Waals surface area contributed by atoms with Crippen LogP contribution < -0.4 is 5.73 Å². The van der Waals surface area contributed by atoms with Crippen LogP contribution in [-0.4, -0.2) is 49.9 Å². The minimum Gasteiger partial charge on any atom is -0.457 e. The van der Waals surface area contributed by atoms with Crippen molar-refractivity contribution in [1.82, 2.24) is 0 Å². The molecule has 2 atom stereocenters. The molecule has 3 N–H and O–H groups in total. The van der Waals surface area contributed by atoms with Crippen molar-refractivity contribution in [2.45, 2.75) is 245 Å². The molecule has 61 heavy (non-hydrogen) atoms. The molecule has 0 saturated heterocycles. The van der Waals surface area contributed by atoms with E-state index in [1.165, 1.54) is 154 Å². The molecule has 0 saturated carbocycles. The van der Waals surface area contributed by atoms with E-state index < -0.39 is 13.9 Å². The Hall–Kier alpha value is -1.54. The minimum absolute atomic E-state index is 0.0973. The highest BCUT2D eigenvalue weighted by Gasteiger charge is 2.25. The highest BCUT2D eigenvalue weighted by molar-refractivity contribution is 7.47. The zero-order valence-corrected chi connectivity index (χ0v) is 40.8. The number of unbranched alkanes of at least 4 members (excludes halogenated alkanes) is 28. The Kier molecular flexibility index (Phi) is 48.2. The molecule has 0 aromatic carbocycles. The molecule has 0 aromatic heterocycles. The van der Waals surface area contributed by atoms with Crippen molar-refractivity contribution in [2.24, 2.45) is 5.73 Å². The van der Waals surface area contributed by atoms with Gasteiger partial charge in [-0.25, -0.2) is 4.57 Å². The number of hydrogen-bond donors (Lipinski definition) is 2. The van der Waals surface area contributed by atoms with Crippen molar-refractivity contribution in [3.05, 3.63) is 48.6 Å². The van der Waals surface area contributed by atoms with Gasteiger partial charge in [0.15, 0.2) is 0 Å². The average Bonchev–Trinajstić information content (AvgIpc) is 3.25. The van der Waals surface area contributed by atoms with Gasteiger partial charge in [0.25, 0.3) is 0 Å². The lowest BCUT2D eigenvalue weighted by molar-refractivity contribution is -0.154. The van der Waals surface area contributed by atoms with Crippen LogP contribution in [0.1, 0.15) is 239 Å². The Morgan fingerprint density at radius 1 is 0.492 bits per heavy atom. The Labute approximate surface area is 377 Å². The van der Waals surface area contributed by atoms with Crippen LogP contribution in [0.3, 0.4) is 0 Å². The van der Waals surface area contributed by atoms with Crippen molar-refractivity contribution < 1.29 is 32.8 Å². The second-order valence-electron chi connectivity index (χ2n) is 17.0. The van der Waals surface area contributed by atoms with Gasteiger partial charge in [-0.15, -0.1) is 0 Å². The molecule has 0 heterocycles. The third-order valence-corrected chi connectivity index (χ3v) is 12.0. The van der Waals surface area contributed by atoms with Crippen molar-refractivity contribution >= 4 is 13.8 Å². The van der Waals surface area contributed by atoms with Crippen molar-refractivity contribution in [3.63, 3.8) is 0 Å². The fraction of sp³-hybridized carbons (Fsp3) is 0.827. The molecule has 0 rings (SSSR count). The Morgan fingerprint density at radius 2 is 0.869 bits per heavy atom. The second-order valence-corrected chi connectivity index (χ2v) is 18.5. The molecule has 0 aliphatic heterocycles. The van der Waals surface area contributed by atoms with Gasteiger partial charge in [-0.05, 0) is 77.0 Å². The summed E-state index contributed by atoms with van der Waals surface area (Å²) in [5.74, 6) is -0.342. The van der Waals surface area contributed by atoms with Crippen molar-refractivity contribution in [1.29, 1.82) is 0 Å². The first-order chi connectivity index (χ1) is 29.9. The Morgan fingerprint density at radius 3 is 1.30 bits per heavy atom. The number of phosphoric acid groups is 1. The molecular formula is C52H98NO7P. The molecular weight excluding hydrogens is 782 g/mol. The summed E-state index contributed by atoms with van der Waals surface area (Å²) in [6.45, 7) is 4.90. The number of esters is 1. The average molecular weight is 880 g/mol. The zero-order valence-electron chi connectivity index (χ0n) is 39.9. The fourth-order valence-corrected chi connectivity index (χ4v) is 7.94. The number of rotatable bonds is 49. The monoisotopic (exact) mass is 880 g/mol. The summed E-state index contributed by atoms with van der Waals surface area (Å²) in [6, 6.07) is 0. The van der Waals surface area contributed by atoms with Crippen LogP contribution in [0.25, 0.3) is 0 Å².